The van der Waals surface area contributed by atoms with Crippen LogP contribution in [-0.2, 0) is 14.8 Å². The molecule has 0 saturated carbocycles. The van der Waals surface area contributed by atoms with E-state index < -0.39 is 10.0 Å². The first-order valence-electron chi connectivity index (χ1n) is 8.48. The number of nitrogens with one attached hydrogen (secondary N) is 1. The van der Waals surface area contributed by atoms with Crippen molar-refractivity contribution in [2.75, 3.05) is 23.3 Å². The minimum absolute atomic E-state index is 0.0120. The number of nitrogens with zero attached hydrogens (tertiary/aromatic N) is 2. The maximum atomic E-state index is 13.0. The van der Waals surface area contributed by atoms with Crippen LogP contribution >= 0.6 is 22.7 Å². The van der Waals surface area contributed by atoms with Gasteiger partial charge >= 0.3 is 0 Å². The van der Waals surface area contributed by atoms with Gasteiger partial charge in [-0.15, -0.1) is 22.7 Å². The molecular weight excluding hydrogens is 418 g/mol. The summed E-state index contributed by atoms with van der Waals surface area (Å²) in [6.45, 7) is 0.578. The summed E-state index contributed by atoms with van der Waals surface area (Å²) in [7, 11) is -2.53. The number of amides is 1. The molecule has 146 valence electrons. The van der Waals surface area contributed by atoms with Gasteiger partial charge in [-0.05, 0) is 36.1 Å². The van der Waals surface area contributed by atoms with Crippen LogP contribution in [0, 0.1) is 0 Å². The van der Waals surface area contributed by atoms with Gasteiger partial charge in [0.2, 0.25) is 5.91 Å². The highest BCUT2D eigenvalue weighted by atomic mass is 32.2. The first-order chi connectivity index (χ1) is 13.5. The van der Waals surface area contributed by atoms with Gasteiger partial charge in [0.25, 0.3) is 10.0 Å². The van der Waals surface area contributed by atoms with Crippen molar-refractivity contribution in [3.63, 3.8) is 0 Å². The van der Waals surface area contributed by atoms with E-state index >= 15 is 0 Å². The number of benzene rings is 1. The number of thiophene rings is 1. The van der Waals surface area contributed by atoms with Crippen LogP contribution in [0.3, 0.4) is 0 Å². The number of sulfonamides is 1. The van der Waals surface area contributed by atoms with Crippen LogP contribution in [0.15, 0.2) is 46.0 Å². The third kappa shape index (κ3) is 3.62. The first-order valence-corrected chi connectivity index (χ1v) is 11.7. The van der Waals surface area contributed by atoms with Crippen molar-refractivity contribution >= 4 is 49.4 Å². The van der Waals surface area contributed by atoms with Crippen molar-refractivity contribution in [1.82, 2.24) is 4.98 Å². The number of methoxy groups -OCH3 is 1. The molecule has 0 spiro atoms. The molecule has 0 bridgehead atoms. The van der Waals surface area contributed by atoms with E-state index in [9.17, 15) is 13.2 Å². The van der Waals surface area contributed by atoms with Crippen molar-refractivity contribution in [3.05, 3.63) is 41.1 Å². The van der Waals surface area contributed by atoms with Gasteiger partial charge in [0.15, 0.2) is 5.13 Å². The average Bonchev–Trinajstić information content (AvgIpc) is 3.42. The summed E-state index contributed by atoms with van der Waals surface area (Å²) in [5.41, 5.74) is 1.27. The summed E-state index contributed by atoms with van der Waals surface area (Å²) in [5.74, 6) is 0.194. The highest BCUT2D eigenvalue weighted by molar-refractivity contribution is 7.93. The van der Waals surface area contributed by atoms with Gasteiger partial charge < -0.3 is 9.64 Å². The third-order valence-corrected chi connectivity index (χ3v) is 7.46. The molecule has 28 heavy (non-hydrogen) atoms. The van der Waals surface area contributed by atoms with E-state index in [-0.39, 0.29) is 21.7 Å². The van der Waals surface area contributed by atoms with Crippen LogP contribution in [0.5, 0.6) is 5.75 Å². The number of ether oxygens (including phenoxy) is 1. The molecule has 1 N–H and O–H groups in total. The Morgan fingerprint density at radius 2 is 2.11 bits per heavy atom. The normalized spacial score (nSPS) is 14.5. The van der Waals surface area contributed by atoms with E-state index in [4.69, 9.17) is 4.74 Å². The second-order valence-electron chi connectivity index (χ2n) is 6.10. The lowest BCUT2D eigenvalue weighted by atomic mass is 10.3. The van der Waals surface area contributed by atoms with E-state index in [2.05, 4.69) is 9.71 Å². The highest BCUT2D eigenvalue weighted by Gasteiger charge is 2.26. The van der Waals surface area contributed by atoms with Gasteiger partial charge in [-0.3, -0.25) is 9.52 Å². The SMILES string of the molecule is COc1ccc(N2CCCC2=O)cc1S(=O)(=O)Nc1nc(-c2cccs2)cs1. The van der Waals surface area contributed by atoms with Crippen LogP contribution in [0.4, 0.5) is 10.8 Å². The zero-order valence-electron chi connectivity index (χ0n) is 14.9. The molecule has 1 aliphatic rings. The number of hydrogen-bond acceptors (Lipinski definition) is 7. The molecule has 1 fully saturated rings. The Labute approximate surface area is 170 Å². The molecule has 1 amide bonds. The standard InChI is InChI=1S/C18H17N3O4S3/c1-25-14-7-6-12(21-8-2-5-17(21)22)10-16(14)28(23,24)20-18-19-13(11-27-18)15-4-3-9-26-15/h3-4,6-7,9-11H,2,5,8H2,1H3,(H,19,20). The molecule has 7 nitrogen and oxygen atoms in total. The fourth-order valence-electron chi connectivity index (χ4n) is 2.99. The Hall–Kier alpha value is -2.43. The lowest BCUT2D eigenvalue weighted by molar-refractivity contribution is -0.117. The van der Waals surface area contributed by atoms with E-state index in [1.807, 2.05) is 17.5 Å². The Bertz CT molecular complexity index is 1110. The maximum Gasteiger partial charge on any atom is 0.267 e. The largest absolute Gasteiger partial charge is 0.495 e. The molecule has 3 aromatic rings. The average molecular weight is 436 g/mol. The molecule has 1 aliphatic heterocycles. The van der Waals surface area contributed by atoms with Crippen molar-refractivity contribution in [3.8, 4) is 16.3 Å². The lowest BCUT2D eigenvalue weighted by Crippen LogP contribution is -2.24. The lowest BCUT2D eigenvalue weighted by Gasteiger charge is -2.18. The topological polar surface area (TPSA) is 88.6 Å². The minimum Gasteiger partial charge on any atom is -0.495 e. The number of anilines is 2. The zero-order chi connectivity index (χ0) is 19.7. The Morgan fingerprint density at radius 3 is 2.79 bits per heavy atom. The van der Waals surface area contributed by atoms with Crippen LogP contribution in [0.1, 0.15) is 12.8 Å². The summed E-state index contributed by atoms with van der Waals surface area (Å²) in [6, 6.07) is 8.57. The number of hydrogen-bond donors (Lipinski definition) is 1. The Balaban J connectivity index is 1.65. The van der Waals surface area contributed by atoms with Gasteiger partial charge in [0.1, 0.15) is 10.6 Å². The van der Waals surface area contributed by atoms with Gasteiger partial charge in [-0.25, -0.2) is 13.4 Å². The molecule has 10 heteroatoms. The summed E-state index contributed by atoms with van der Waals surface area (Å²) in [6.07, 6.45) is 1.23. The number of carbonyl (C=O) groups is 1. The van der Waals surface area contributed by atoms with E-state index in [1.54, 1.807) is 22.4 Å². The summed E-state index contributed by atoms with van der Waals surface area (Å²) in [4.78, 5) is 18.9. The number of thiazole rings is 1. The second-order valence-corrected chi connectivity index (χ2v) is 9.56. The number of rotatable bonds is 6. The van der Waals surface area contributed by atoms with Gasteiger partial charge in [-0.1, -0.05) is 6.07 Å². The van der Waals surface area contributed by atoms with E-state index in [0.29, 0.717) is 18.7 Å². The van der Waals surface area contributed by atoms with Crippen molar-refractivity contribution in [2.24, 2.45) is 0 Å². The monoisotopic (exact) mass is 435 g/mol. The molecule has 4 rings (SSSR count). The van der Waals surface area contributed by atoms with Crippen molar-refractivity contribution in [1.29, 1.82) is 0 Å². The minimum atomic E-state index is -3.94. The van der Waals surface area contributed by atoms with Gasteiger partial charge in [0, 0.05) is 24.0 Å². The summed E-state index contributed by atoms with van der Waals surface area (Å²) < 4.78 is 33.8. The van der Waals surface area contributed by atoms with Crippen LogP contribution < -0.4 is 14.4 Å². The summed E-state index contributed by atoms with van der Waals surface area (Å²) in [5, 5.41) is 4.02. The molecule has 0 aliphatic carbocycles. The molecule has 0 unspecified atom stereocenters. The zero-order valence-corrected chi connectivity index (χ0v) is 17.4. The fraction of sp³-hybridized carbons (Fsp3) is 0.222. The predicted octanol–water partition coefficient (Wildman–Crippen LogP) is 3.81. The number of aromatic nitrogens is 1. The molecule has 2 aromatic heterocycles. The van der Waals surface area contributed by atoms with E-state index in [0.717, 1.165) is 17.0 Å². The molecule has 3 heterocycles. The molecule has 0 radical (unpaired) electrons. The second kappa shape index (κ2) is 7.53. The maximum absolute atomic E-state index is 13.0. The highest BCUT2D eigenvalue weighted by Crippen LogP contribution is 2.34. The van der Waals surface area contributed by atoms with Crippen LogP contribution in [0.2, 0.25) is 0 Å². The quantitative estimate of drug-likeness (QED) is 0.636. The summed E-state index contributed by atoms with van der Waals surface area (Å²) >= 11 is 2.75. The molecule has 1 saturated heterocycles. The number of carbonyl (C=O) groups excluding carboxylic acids is 1. The molecule has 0 atom stereocenters. The first kappa shape index (κ1) is 18.9. The third-order valence-electron chi connectivity index (χ3n) is 4.32. The van der Waals surface area contributed by atoms with Crippen LogP contribution in [-0.4, -0.2) is 33.0 Å². The van der Waals surface area contributed by atoms with Gasteiger partial charge in [-0.2, -0.15) is 0 Å². The van der Waals surface area contributed by atoms with Gasteiger partial charge in [0.05, 0.1) is 17.7 Å². The molecular formula is C18H17N3O4S3. The Morgan fingerprint density at radius 1 is 1.25 bits per heavy atom. The fourth-order valence-corrected chi connectivity index (χ4v) is 5.91. The smallest absolute Gasteiger partial charge is 0.267 e. The molecule has 1 aromatic carbocycles. The van der Waals surface area contributed by atoms with Crippen molar-refractivity contribution in [2.45, 2.75) is 17.7 Å². The van der Waals surface area contributed by atoms with Crippen molar-refractivity contribution < 1.29 is 17.9 Å². The Kier molecular flexibility index (Phi) is 5.09. The van der Waals surface area contributed by atoms with Crippen LogP contribution in [0.25, 0.3) is 10.6 Å². The predicted molar refractivity (Wildman–Crippen MR) is 111 cm³/mol. The van der Waals surface area contributed by atoms with E-state index in [1.165, 1.54) is 35.8 Å².